The van der Waals surface area contributed by atoms with E-state index in [1.807, 2.05) is 0 Å². The first-order chi connectivity index (χ1) is 11.9. The Bertz CT molecular complexity index is 849. The van der Waals surface area contributed by atoms with Gasteiger partial charge in [0.2, 0.25) is 0 Å². The van der Waals surface area contributed by atoms with E-state index in [0.29, 0.717) is 18.0 Å². The summed E-state index contributed by atoms with van der Waals surface area (Å²) in [6.07, 6.45) is 2.15. The second-order valence-corrected chi connectivity index (χ2v) is 10.6. The van der Waals surface area contributed by atoms with Crippen LogP contribution in [0.2, 0.25) is 0 Å². The summed E-state index contributed by atoms with van der Waals surface area (Å²) < 4.78 is 38.6. The number of aliphatic hydroxyl groups excluding tert-OH is 1. The van der Waals surface area contributed by atoms with Crippen molar-refractivity contribution in [1.29, 1.82) is 0 Å². The van der Waals surface area contributed by atoms with Crippen molar-refractivity contribution in [2.75, 3.05) is 11.1 Å². The zero-order chi connectivity index (χ0) is 19.3. The Labute approximate surface area is 153 Å². The number of hydrogen-bond donors (Lipinski definition) is 3. The van der Waals surface area contributed by atoms with Gasteiger partial charge >= 0.3 is 0 Å². The number of aliphatic imine (C=N–C) groups is 1. The lowest BCUT2D eigenvalue weighted by atomic mass is 9.92. The quantitative estimate of drug-likeness (QED) is 0.676. The maximum Gasteiger partial charge on any atom is 0.165 e. The van der Waals surface area contributed by atoms with Crippen molar-refractivity contribution in [3.05, 3.63) is 29.6 Å². The molecule has 0 spiro atoms. The highest BCUT2D eigenvalue weighted by molar-refractivity contribution is 7.93. The molecule has 2 atom stereocenters. The molecular weight excluding hydrogens is 357 g/mol. The van der Waals surface area contributed by atoms with Gasteiger partial charge in [-0.1, -0.05) is 12.8 Å². The molecule has 1 unspecified atom stereocenters. The molecule has 1 aromatic carbocycles. The molecule has 1 aliphatic heterocycles. The molecule has 0 bridgehead atoms. The maximum absolute atomic E-state index is 14.5. The molecule has 144 valence electrons. The number of halogens is 1. The van der Waals surface area contributed by atoms with Crippen LogP contribution in [0.5, 0.6) is 0 Å². The molecule has 2 aliphatic rings. The van der Waals surface area contributed by atoms with Crippen LogP contribution in [-0.2, 0) is 15.4 Å². The first-order valence-electron chi connectivity index (χ1n) is 8.77. The third-order valence-electron chi connectivity index (χ3n) is 5.37. The van der Waals surface area contributed by atoms with E-state index in [1.54, 1.807) is 6.92 Å². The fourth-order valence-electron chi connectivity index (χ4n) is 3.23. The predicted molar refractivity (Wildman–Crippen MR) is 100 cm³/mol. The van der Waals surface area contributed by atoms with Gasteiger partial charge in [0.05, 0.1) is 5.75 Å². The average molecular weight is 383 g/mol. The van der Waals surface area contributed by atoms with Crippen molar-refractivity contribution in [2.45, 2.75) is 56.5 Å². The second-order valence-electron chi connectivity index (χ2n) is 8.07. The van der Waals surface area contributed by atoms with E-state index in [0.717, 1.165) is 12.8 Å². The van der Waals surface area contributed by atoms with Crippen LogP contribution in [0.15, 0.2) is 23.2 Å². The number of rotatable bonds is 5. The van der Waals surface area contributed by atoms with Gasteiger partial charge in [-0.15, -0.1) is 0 Å². The molecule has 0 saturated heterocycles. The van der Waals surface area contributed by atoms with Gasteiger partial charge in [-0.2, -0.15) is 0 Å². The topological polar surface area (TPSA) is 105 Å². The van der Waals surface area contributed by atoms with Crippen LogP contribution < -0.4 is 11.1 Å². The second kappa shape index (κ2) is 6.20. The van der Waals surface area contributed by atoms with Gasteiger partial charge in [0.25, 0.3) is 0 Å². The van der Waals surface area contributed by atoms with Crippen molar-refractivity contribution in [3.63, 3.8) is 0 Å². The molecule has 8 heteroatoms. The Morgan fingerprint density at radius 1 is 1.38 bits per heavy atom. The lowest BCUT2D eigenvalue weighted by Crippen LogP contribution is -2.55. The monoisotopic (exact) mass is 383 g/mol. The lowest BCUT2D eigenvalue weighted by Gasteiger charge is -2.38. The maximum atomic E-state index is 14.5. The smallest absolute Gasteiger partial charge is 0.165 e. The molecule has 1 saturated carbocycles. The van der Waals surface area contributed by atoms with E-state index >= 15 is 0 Å². The van der Waals surface area contributed by atoms with Crippen LogP contribution in [0.1, 0.15) is 45.6 Å². The molecule has 0 radical (unpaired) electrons. The highest BCUT2D eigenvalue weighted by Gasteiger charge is 2.49. The first-order valence-corrected chi connectivity index (χ1v) is 10.4. The molecular formula is C18H26FN3O3S. The molecule has 0 aromatic heterocycles. The van der Waals surface area contributed by atoms with Gasteiger partial charge in [0, 0.05) is 11.3 Å². The fraction of sp³-hybridized carbons (Fsp3) is 0.611. The van der Waals surface area contributed by atoms with Crippen LogP contribution in [0.3, 0.4) is 0 Å². The summed E-state index contributed by atoms with van der Waals surface area (Å²) in [7, 11) is -3.62. The van der Waals surface area contributed by atoms with Crippen LogP contribution in [0.4, 0.5) is 10.1 Å². The van der Waals surface area contributed by atoms with Crippen LogP contribution >= 0.6 is 0 Å². The summed E-state index contributed by atoms with van der Waals surface area (Å²) in [5, 5.41) is 13.0. The van der Waals surface area contributed by atoms with Crippen molar-refractivity contribution < 1.29 is 17.9 Å². The molecule has 0 amide bonds. The molecule has 1 fully saturated rings. The number of amidine groups is 1. The number of nitrogens with one attached hydrogen (secondary N) is 1. The lowest BCUT2D eigenvalue weighted by molar-refractivity contribution is 0.186. The molecule has 1 heterocycles. The van der Waals surface area contributed by atoms with Gasteiger partial charge in [-0.3, -0.25) is 4.99 Å². The standard InChI is InChI=1S/C18H26FN3O3S/c1-17(2)16(20)22-18(3,10-26(17,24)25)13-9-12(6-7-14(13)19)21-15(23)8-11-4-5-11/h6-7,9,11,15,21,23H,4-5,8,10H2,1-3H3,(H2,20,22)/t15?,18-/m0/s1. The zero-order valence-electron chi connectivity index (χ0n) is 15.3. The van der Waals surface area contributed by atoms with Crippen LogP contribution in [0, 0.1) is 11.7 Å². The van der Waals surface area contributed by atoms with E-state index in [9.17, 15) is 17.9 Å². The summed E-state index contributed by atoms with van der Waals surface area (Å²) in [5.74, 6) is -0.386. The molecule has 3 rings (SSSR count). The van der Waals surface area contributed by atoms with Crippen molar-refractivity contribution in [1.82, 2.24) is 0 Å². The molecule has 4 N–H and O–H groups in total. The SMILES string of the molecule is CC1(C)C(N)=N[C@](C)(c2cc(NC(O)CC3CC3)ccc2F)CS1(=O)=O. The normalized spacial score (nSPS) is 28.3. The van der Waals surface area contributed by atoms with Crippen molar-refractivity contribution in [3.8, 4) is 0 Å². The van der Waals surface area contributed by atoms with Crippen molar-refractivity contribution >= 4 is 21.4 Å². The van der Waals surface area contributed by atoms with Gasteiger partial charge < -0.3 is 16.2 Å². The van der Waals surface area contributed by atoms with E-state index in [2.05, 4.69) is 10.3 Å². The number of anilines is 1. The summed E-state index contributed by atoms with van der Waals surface area (Å²) >= 11 is 0. The number of benzene rings is 1. The summed E-state index contributed by atoms with van der Waals surface area (Å²) in [4.78, 5) is 4.36. The van der Waals surface area contributed by atoms with Gasteiger partial charge in [0.1, 0.15) is 28.2 Å². The van der Waals surface area contributed by atoms with E-state index < -0.39 is 32.2 Å². The molecule has 1 aliphatic carbocycles. The van der Waals surface area contributed by atoms with Gasteiger partial charge in [-0.05, 0) is 51.3 Å². The minimum atomic E-state index is -3.62. The Balaban J connectivity index is 1.95. The molecule has 1 aromatic rings. The number of aliphatic hydroxyl groups is 1. The molecule has 26 heavy (non-hydrogen) atoms. The predicted octanol–water partition coefficient (Wildman–Crippen LogP) is 2.14. The van der Waals surface area contributed by atoms with Gasteiger partial charge in [0.15, 0.2) is 9.84 Å². The molecule has 6 nitrogen and oxygen atoms in total. The van der Waals surface area contributed by atoms with E-state index in [-0.39, 0.29) is 17.2 Å². The Hall–Kier alpha value is -1.67. The average Bonchev–Trinajstić information content (AvgIpc) is 3.30. The van der Waals surface area contributed by atoms with E-state index in [4.69, 9.17) is 5.73 Å². The number of nitrogens with two attached hydrogens (primary N) is 1. The third kappa shape index (κ3) is 3.44. The van der Waals surface area contributed by atoms with E-state index in [1.165, 1.54) is 32.0 Å². The Morgan fingerprint density at radius 3 is 2.62 bits per heavy atom. The minimum Gasteiger partial charge on any atom is -0.386 e. The Kier molecular flexibility index (Phi) is 4.55. The summed E-state index contributed by atoms with van der Waals surface area (Å²) in [5.41, 5.74) is 5.27. The summed E-state index contributed by atoms with van der Waals surface area (Å²) in [6.45, 7) is 4.57. The van der Waals surface area contributed by atoms with Crippen molar-refractivity contribution in [2.24, 2.45) is 16.6 Å². The van der Waals surface area contributed by atoms with Gasteiger partial charge in [-0.25, -0.2) is 12.8 Å². The highest BCUT2D eigenvalue weighted by Crippen LogP contribution is 2.39. The summed E-state index contributed by atoms with van der Waals surface area (Å²) in [6, 6.07) is 4.29. The Morgan fingerprint density at radius 2 is 2.04 bits per heavy atom. The minimum absolute atomic E-state index is 0.0298. The highest BCUT2D eigenvalue weighted by atomic mass is 32.2. The number of hydrogen-bond acceptors (Lipinski definition) is 6. The number of sulfone groups is 1. The largest absolute Gasteiger partial charge is 0.386 e. The van der Waals surface area contributed by atoms with Crippen LogP contribution in [-0.4, -0.2) is 36.1 Å². The van der Waals surface area contributed by atoms with Crippen LogP contribution in [0.25, 0.3) is 0 Å². The number of nitrogens with zero attached hydrogens (tertiary/aromatic N) is 1. The zero-order valence-corrected chi connectivity index (χ0v) is 16.1. The fourth-order valence-corrected chi connectivity index (χ4v) is 4.91. The first kappa shape index (κ1) is 19.1. The third-order valence-corrected chi connectivity index (χ3v) is 8.07.